The lowest BCUT2D eigenvalue weighted by molar-refractivity contribution is -0.181. The number of nitrogens with one attached hydrogen (secondary N) is 1. The second-order valence-corrected chi connectivity index (χ2v) is 3.61. The maximum absolute atomic E-state index is 7.07. The predicted octanol–water partition coefficient (Wildman–Crippen LogP) is 1.71. The Morgan fingerprint density at radius 1 is 1.25 bits per heavy atom. The first-order valence-electron chi connectivity index (χ1n) is 4.67. The predicted molar refractivity (Wildman–Crippen MR) is 45.4 cm³/mol. The summed E-state index contributed by atoms with van der Waals surface area (Å²) in [6, 6.07) is 0. The highest BCUT2D eigenvalue weighted by Crippen LogP contribution is 2.37. The highest BCUT2D eigenvalue weighted by Gasteiger charge is 2.41. The Morgan fingerprint density at radius 2 is 2.00 bits per heavy atom. The van der Waals surface area contributed by atoms with Crippen molar-refractivity contribution >= 4 is 6.21 Å². The van der Waals surface area contributed by atoms with Gasteiger partial charge in [0.1, 0.15) is 6.10 Å². The van der Waals surface area contributed by atoms with E-state index in [2.05, 4.69) is 0 Å². The summed E-state index contributed by atoms with van der Waals surface area (Å²) in [6.45, 7) is 0.573. The third-order valence-electron chi connectivity index (χ3n) is 2.68. The molecule has 1 heterocycles. The Kier molecular flexibility index (Phi) is 2.15. The molecule has 0 aromatic heterocycles. The van der Waals surface area contributed by atoms with Crippen LogP contribution in [0.15, 0.2) is 0 Å². The molecule has 0 aromatic rings. The highest BCUT2D eigenvalue weighted by atomic mass is 16.7. The van der Waals surface area contributed by atoms with Gasteiger partial charge in [-0.1, -0.05) is 6.42 Å². The molecule has 0 bridgehead atoms. The molecule has 1 saturated carbocycles. The molecule has 1 atom stereocenters. The lowest BCUT2D eigenvalue weighted by Crippen LogP contribution is -2.33. The lowest BCUT2D eigenvalue weighted by Gasteiger charge is -2.31. The van der Waals surface area contributed by atoms with Crippen LogP contribution in [0.2, 0.25) is 0 Å². The Hall–Kier alpha value is -0.410. The number of hydrogen-bond acceptors (Lipinski definition) is 3. The van der Waals surface area contributed by atoms with Crippen molar-refractivity contribution in [1.29, 1.82) is 5.41 Å². The molecule has 1 saturated heterocycles. The first kappa shape index (κ1) is 8.20. The van der Waals surface area contributed by atoms with Gasteiger partial charge in [-0.05, 0) is 12.8 Å². The van der Waals surface area contributed by atoms with Crippen LogP contribution in [0.5, 0.6) is 0 Å². The molecule has 0 radical (unpaired) electrons. The third kappa shape index (κ3) is 1.39. The molecule has 3 nitrogen and oxygen atoms in total. The van der Waals surface area contributed by atoms with Crippen molar-refractivity contribution in [2.45, 2.75) is 44.0 Å². The summed E-state index contributed by atoms with van der Waals surface area (Å²) in [5.74, 6) is -0.305. The second-order valence-electron chi connectivity index (χ2n) is 3.61. The van der Waals surface area contributed by atoms with Crippen molar-refractivity contribution in [3.8, 4) is 0 Å². The van der Waals surface area contributed by atoms with E-state index in [1.54, 1.807) is 0 Å². The summed E-state index contributed by atoms with van der Waals surface area (Å²) in [6.07, 6.45) is 6.96. The molecule has 3 heteroatoms. The van der Waals surface area contributed by atoms with E-state index >= 15 is 0 Å². The van der Waals surface area contributed by atoms with Crippen LogP contribution < -0.4 is 0 Å². The minimum Gasteiger partial charge on any atom is -0.347 e. The SMILES string of the molecule is N=C[C@H]1COC2(CCCCC2)O1. The highest BCUT2D eigenvalue weighted by molar-refractivity contribution is 5.59. The normalized spacial score (nSPS) is 33.8. The average molecular weight is 169 g/mol. The van der Waals surface area contributed by atoms with E-state index in [9.17, 15) is 0 Å². The van der Waals surface area contributed by atoms with Gasteiger partial charge in [-0.2, -0.15) is 0 Å². The maximum Gasteiger partial charge on any atom is 0.169 e. The molecule has 1 aliphatic carbocycles. The zero-order chi connectivity index (χ0) is 8.44. The van der Waals surface area contributed by atoms with Gasteiger partial charge in [-0.3, -0.25) is 0 Å². The molecule has 68 valence electrons. The van der Waals surface area contributed by atoms with Gasteiger partial charge in [0.15, 0.2) is 5.79 Å². The molecule has 0 unspecified atom stereocenters. The topological polar surface area (TPSA) is 42.3 Å². The summed E-state index contributed by atoms with van der Waals surface area (Å²) in [5.41, 5.74) is 0. The lowest BCUT2D eigenvalue weighted by atomic mass is 9.94. The van der Waals surface area contributed by atoms with Crippen LogP contribution in [0.4, 0.5) is 0 Å². The van der Waals surface area contributed by atoms with Gasteiger partial charge < -0.3 is 14.9 Å². The summed E-state index contributed by atoms with van der Waals surface area (Å²) in [4.78, 5) is 0. The number of hydrogen-bond donors (Lipinski definition) is 1. The molecule has 0 amide bonds. The van der Waals surface area contributed by atoms with Crippen molar-refractivity contribution in [3.05, 3.63) is 0 Å². The number of rotatable bonds is 1. The minimum absolute atomic E-state index is 0.0944. The van der Waals surface area contributed by atoms with E-state index < -0.39 is 0 Å². The van der Waals surface area contributed by atoms with Gasteiger partial charge in [0.2, 0.25) is 0 Å². The zero-order valence-electron chi connectivity index (χ0n) is 7.21. The van der Waals surface area contributed by atoms with Crippen LogP contribution in [0.3, 0.4) is 0 Å². The van der Waals surface area contributed by atoms with E-state index in [4.69, 9.17) is 14.9 Å². The molecular formula is C9H15NO2. The average Bonchev–Trinajstić information content (AvgIpc) is 2.50. The van der Waals surface area contributed by atoms with Crippen molar-refractivity contribution in [1.82, 2.24) is 0 Å². The van der Waals surface area contributed by atoms with E-state index in [0.29, 0.717) is 6.61 Å². The summed E-state index contributed by atoms with van der Waals surface area (Å²) < 4.78 is 11.3. The third-order valence-corrected chi connectivity index (χ3v) is 2.68. The molecular weight excluding hydrogens is 154 g/mol. The Balaban J connectivity index is 1.98. The Bertz CT molecular complexity index is 175. The van der Waals surface area contributed by atoms with Crippen molar-refractivity contribution in [2.75, 3.05) is 6.61 Å². The molecule has 2 fully saturated rings. The molecule has 0 aromatic carbocycles. The fourth-order valence-electron chi connectivity index (χ4n) is 2.01. The Morgan fingerprint density at radius 3 is 2.58 bits per heavy atom. The van der Waals surface area contributed by atoms with Crippen molar-refractivity contribution in [2.24, 2.45) is 0 Å². The van der Waals surface area contributed by atoms with Gasteiger partial charge in [0.05, 0.1) is 6.61 Å². The molecule has 1 N–H and O–H groups in total. The summed E-state index contributed by atoms with van der Waals surface area (Å²) in [5, 5.41) is 7.07. The van der Waals surface area contributed by atoms with E-state index in [1.807, 2.05) is 0 Å². The molecule has 2 rings (SSSR count). The van der Waals surface area contributed by atoms with Crippen LogP contribution in [0.25, 0.3) is 0 Å². The molecule has 12 heavy (non-hydrogen) atoms. The van der Waals surface area contributed by atoms with Crippen LogP contribution in [-0.4, -0.2) is 24.7 Å². The fraction of sp³-hybridized carbons (Fsp3) is 0.889. The van der Waals surface area contributed by atoms with Crippen LogP contribution >= 0.6 is 0 Å². The van der Waals surface area contributed by atoms with Crippen molar-refractivity contribution < 1.29 is 9.47 Å². The largest absolute Gasteiger partial charge is 0.347 e. The van der Waals surface area contributed by atoms with Crippen LogP contribution in [0.1, 0.15) is 32.1 Å². The van der Waals surface area contributed by atoms with Crippen molar-refractivity contribution in [3.63, 3.8) is 0 Å². The van der Waals surface area contributed by atoms with Gasteiger partial charge in [0.25, 0.3) is 0 Å². The summed E-state index contributed by atoms with van der Waals surface area (Å²) >= 11 is 0. The summed E-state index contributed by atoms with van der Waals surface area (Å²) in [7, 11) is 0. The van der Waals surface area contributed by atoms with E-state index in [-0.39, 0.29) is 11.9 Å². The first-order chi connectivity index (χ1) is 5.85. The van der Waals surface area contributed by atoms with Gasteiger partial charge in [-0.25, -0.2) is 0 Å². The van der Waals surface area contributed by atoms with E-state index in [1.165, 1.54) is 25.5 Å². The zero-order valence-corrected chi connectivity index (χ0v) is 7.21. The minimum atomic E-state index is -0.305. The quantitative estimate of drug-likeness (QED) is 0.607. The fourth-order valence-corrected chi connectivity index (χ4v) is 2.01. The standard InChI is InChI=1S/C9H15NO2/c10-6-8-7-11-9(12-8)4-2-1-3-5-9/h6,8,10H,1-5,7H2/t8-/m0/s1. The van der Waals surface area contributed by atoms with E-state index in [0.717, 1.165) is 12.8 Å². The smallest absolute Gasteiger partial charge is 0.169 e. The molecule has 1 spiro atoms. The van der Waals surface area contributed by atoms with Gasteiger partial charge in [0, 0.05) is 19.1 Å². The first-order valence-corrected chi connectivity index (χ1v) is 4.67. The maximum atomic E-state index is 7.07. The molecule has 1 aliphatic heterocycles. The Labute approximate surface area is 72.6 Å². The second kappa shape index (κ2) is 3.15. The van der Waals surface area contributed by atoms with Crippen LogP contribution in [-0.2, 0) is 9.47 Å². The van der Waals surface area contributed by atoms with Gasteiger partial charge >= 0.3 is 0 Å². The number of ether oxygens (including phenoxy) is 2. The van der Waals surface area contributed by atoms with Crippen LogP contribution in [0, 0.1) is 5.41 Å². The monoisotopic (exact) mass is 169 g/mol. The molecule has 2 aliphatic rings. The van der Waals surface area contributed by atoms with Gasteiger partial charge in [-0.15, -0.1) is 0 Å².